The van der Waals surface area contributed by atoms with Crippen LogP contribution in [-0.2, 0) is 10.8 Å². The van der Waals surface area contributed by atoms with Crippen LogP contribution < -0.4 is 0 Å². The molecule has 0 amide bonds. The third kappa shape index (κ3) is 6.38. The van der Waals surface area contributed by atoms with Crippen LogP contribution in [0.15, 0.2) is 186 Å². The Morgan fingerprint density at radius 2 is 0.941 bits per heavy atom. The van der Waals surface area contributed by atoms with Crippen molar-refractivity contribution >= 4 is 82.1 Å². The number of aromatic nitrogens is 1. The van der Waals surface area contributed by atoms with Crippen LogP contribution in [0.5, 0.6) is 0 Å². The van der Waals surface area contributed by atoms with Crippen LogP contribution in [0.4, 0.5) is 0 Å². The van der Waals surface area contributed by atoms with Crippen molar-refractivity contribution in [1.82, 2.24) is 4.57 Å². The van der Waals surface area contributed by atoms with Gasteiger partial charge in [-0.3, -0.25) is 0 Å². The van der Waals surface area contributed by atoms with Crippen LogP contribution in [0.2, 0.25) is 0 Å². The number of fused-ring (bicyclic) bond motifs is 9. The van der Waals surface area contributed by atoms with Crippen molar-refractivity contribution in [2.24, 2.45) is 0 Å². The van der Waals surface area contributed by atoms with Crippen LogP contribution in [0, 0.1) is 6.92 Å². The number of hydrogen-bond donors (Lipinski definition) is 0. The molecule has 12 aromatic rings. The first-order chi connectivity index (χ1) is 32.9. The number of furan rings is 1. The molecule has 0 saturated heterocycles. The Morgan fingerprint density at radius 1 is 0.426 bits per heavy atom. The predicted molar refractivity (Wildman–Crippen MR) is 294 cm³/mol. The molecule has 0 radical (unpaired) electrons. The molecule has 2 heteroatoms. The Kier molecular flexibility index (Phi) is 9.47. The smallest absolute Gasteiger partial charge is 0.143 e. The Balaban J connectivity index is 1.11. The highest BCUT2D eigenvalue weighted by Crippen LogP contribution is 2.49. The van der Waals surface area contributed by atoms with Crippen molar-refractivity contribution < 1.29 is 4.42 Å². The average molecular weight is 878 g/mol. The summed E-state index contributed by atoms with van der Waals surface area (Å²) < 4.78 is 9.61. The fraction of sp³-hybridized carbons (Fsp3) is 0.152. The largest absolute Gasteiger partial charge is 0.455 e. The van der Waals surface area contributed by atoms with Gasteiger partial charge in [-0.15, -0.1) is 0 Å². The minimum absolute atomic E-state index is 0.0156. The lowest BCUT2D eigenvalue weighted by molar-refractivity contribution is 0.590. The second-order valence-corrected chi connectivity index (χ2v) is 20.8. The number of hydrogen-bond acceptors (Lipinski definition) is 1. The lowest BCUT2D eigenvalue weighted by Gasteiger charge is -2.21. The monoisotopic (exact) mass is 877 g/mol. The van der Waals surface area contributed by atoms with E-state index < -0.39 is 0 Å². The highest BCUT2D eigenvalue weighted by atomic mass is 16.3. The molecule has 0 fully saturated rings. The van der Waals surface area contributed by atoms with Crippen LogP contribution in [0.1, 0.15) is 70.7 Å². The first kappa shape index (κ1) is 41.7. The van der Waals surface area contributed by atoms with E-state index in [-0.39, 0.29) is 10.8 Å². The number of allylic oxidation sites excluding steroid dienone is 1. The number of benzene rings is 10. The Bertz CT molecular complexity index is 3920. The molecule has 68 heavy (non-hydrogen) atoms. The van der Waals surface area contributed by atoms with E-state index in [1.807, 2.05) is 0 Å². The van der Waals surface area contributed by atoms with E-state index in [2.05, 4.69) is 248 Å². The van der Waals surface area contributed by atoms with E-state index in [1.54, 1.807) is 0 Å². The van der Waals surface area contributed by atoms with Gasteiger partial charge in [0.05, 0.1) is 16.7 Å². The molecule has 10 aromatic carbocycles. The van der Waals surface area contributed by atoms with Crippen LogP contribution in [-0.4, -0.2) is 4.57 Å². The van der Waals surface area contributed by atoms with Gasteiger partial charge in [-0.05, 0) is 127 Å². The van der Waals surface area contributed by atoms with Crippen LogP contribution >= 0.6 is 0 Å². The topological polar surface area (TPSA) is 18.1 Å². The number of nitrogens with zero attached hydrogens (tertiary/aromatic N) is 1. The van der Waals surface area contributed by atoms with E-state index in [9.17, 15) is 0 Å². The summed E-state index contributed by atoms with van der Waals surface area (Å²) in [5.41, 5.74) is 17.8. The van der Waals surface area contributed by atoms with Gasteiger partial charge in [0.2, 0.25) is 0 Å². The number of rotatable bonds is 5. The van der Waals surface area contributed by atoms with Crippen molar-refractivity contribution in [2.45, 2.75) is 66.2 Å². The van der Waals surface area contributed by atoms with E-state index >= 15 is 0 Å². The third-order valence-corrected chi connectivity index (χ3v) is 14.6. The van der Waals surface area contributed by atoms with E-state index in [0.29, 0.717) is 0 Å². The Labute approximate surface area is 398 Å². The molecule has 12 rings (SSSR count). The van der Waals surface area contributed by atoms with Crippen LogP contribution in [0.3, 0.4) is 0 Å². The third-order valence-electron chi connectivity index (χ3n) is 14.6. The van der Waals surface area contributed by atoms with E-state index in [4.69, 9.17) is 4.42 Å². The van der Waals surface area contributed by atoms with Gasteiger partial charge in [-0.2, -0.15) is 0 Å². The predicted octanol–water partition coefficient (Wildman–Crippen LogP) is 19.1. The maximum atomic E-state index is 7.06. The molecule has 0 spiro atoms. The summed E-state index contributed by atoms with van der Waals surface area (Å²) in [6.45, 7) is 18.2. The van der Waals surface area contributed by atoms with Gasteiger partial charge in [-0.1, -0.05) is 193 Å². The Hall–Kier alpha value is -7.68. The zero-order valence-corrected chi connectivity index (χ0v) is 40.3. The second-order valence-electron chi connectivity index (χ2n) is 20.8. The second kappa shape index (κ2) is 15.4. The zero-order valence-electron chi connectivity index (χ0n) is 40.3. The summed E-state index contributed by atoms with van der Waals surface area (Å²) in [5, 5.41) is 12.1. The number of para-hydroxylation sites is 1. The minimum atomic E-state index is 0.0156. The minimum Gasteiger partial charge on any atom is -0.455 e. The molecule has 2 aromatic heterocycles. The summed E-state index contributed by atoms with van der Waals surface area (Å²) in [4.78, 5) is 0. The molecule has 330 valence electrons. The summed E-state index contributed by atoms with van der Waals surface area (Å²) in [6.07, 6.45) is 4.44. The van der Waals surface area contributed by atoms with Gasteiger partial charge in [0.1, 0.15) is 11.2 Å². The molecule has 2 heterocycles. The normalized spacial score (nSPS) is 12.6. The Morgan fingerprint density at radius 3 is 1.50 bits per heavy atom. The fourth-order valence-electron chi connectivity index (χ4n) is 11.2. The van der Waals surface area contributed by atoms with E-state index in [0.717, 1.165) is 27.5 Å². The van der Waals surface area contributed by atoms with Crippen molar-refractivity contribution in [1.29, 1.82) is 0 Å². The van der Waals surface area contributed by atoms with Gasteiger partial charge in [0.15, 0.2) is 0 Å². The lowest BCUT2D eigenvalue weighted by Crippen LogP contribution is -2.10. The molecule has 0 aliphatic heterocycles. The summed E-state index contributed by atoms with van der Waals surface area (Å²) in [7, 11) is 0. The van der Waals surface area contributed by atoms with Crippen molar-refractivity contribution in [3.05, 3.63) is 204 Å². The maximum Gasteiger partial charge on any atom is 0.143 e. The molecule has 2 nitrogen and oxygen atoms in total. The van der Waals surface area contributed by atoms with Gasteiger partial charge < -0.3 is 8.98 Å². The molecule has 0 saturated carbocycles. The van der Waals surface area contributed by atoms with Crippen molar-refractivity contribution in [3.8, 4) is 39.1 Å². The molecule has 0 N–H and O–H groups in total. The first-order valence-electron chi connectivity index (χ1n) is 24.1. The maximum absolute atomic E-state index is 7.06. The van der Waals surface area contributed by atoms with Gasteiger partial charge >= 0.3 is 0 Å². The summed E-state index contributed by atoms with van der Waals surface area (Å²) in [6, 6.07) is 65.4. The van der Waals surface area contributed by atoms with Crippen molar-refractivity contribution in [2.75, 3.05) is 0 Å². The van der Waals surface area contributed by atoms with E-state index in [1.165, 1.54) is 110 Å². The molecule has 0 atom stereocenters. The molecule has 0 unspecified atom stereocenters. The standard InChI is InChI=1S/C66H55NO/c1-9-20-45-40(2)60(46-23-13-14-24-47(46)61(45)41-21-11-10-12-22-41)42-31-36-59-56(37-42)52-29-19-30-53(64(52)68-59)62-48-25-15-17-27-50(48)63(51-28-18-16-26-49(51)62)67-57-34-32-43(65(3,4)5)38-54(57)55-39-44(66(6,7)8)33-35-58(55)67/h9-39H,1-8H3/b20-9-. The molecular weight excluding hydrogens is 823 g/mol. The lowest BCUT2D eigenvalue weighted by atomic mass is 9.83. The molecule has 0 aliphatic carbocycles. The highest BCUT2D eigenvalue weighted by Gasteiger charge is 2.26. The van der Waals surface area contributed by atoms with Crippen molar-refractivity contribution in [3.63, 3.8) is 0 Å². The average Bonchev–Trinajstić information content (AvgIpc) is 3.88. The molecular formula is C66H55NO. The van der Waals surface area contributed by atoms with Gasteiger partial charge in [0, 0.05) is 43.4 Å². The van der Waals surface area contributed by atoms with Gasteiger partial charge in [-0.25, -0.2) is 0 Å². The first-order valence-corrected chi connectivity index (χ1v) is 24.1. The summed E-state index contributed by atoms with van der Waals surface area (Å²) in [5.74, 6) is 0. The van der Waals surface area contributed by atoms with Gasteiger partial charge in [0.25, 0.3) is 0 Å². The highest BCUT2D eigenvalue weighted by molar-refractivity contribution is 6.24. The SMILES string of the molecule is C/C=C\c1c(C)c(-c2ccc3oc4c(-c5c6ccccc6c(-n6c7ccc(C(C)(C)C)cc7c7cc(C(C)(C)C)ccc76)c6ccccc56)cccc4c3c2)c2ccccc2c1-c1ccccc1. The van der Waals surface area contributed by atoms with Crippen LogP contribution in [0.25, 0.3) is 121 Å². The quantitative estimate of drug-likeness (QED) is 0.158. The molecule has 0 bridgehead atoms. The summed E-state index contributed by atoms with van der Waals surface area (Å²) >= 11 is 0. The zero-order chi connectivity index (χ0) is 46.6. The molecule has 0 aliphatic rings. The fourth-order valence-corrected chi connectivity index (χ4v) is 11.2.